The molecule has 4 heteroatoms. The summed E-state index contributed by atoms with van der Waals surface area (Å²) in [4.78, 5) is 10.8. The van der Waals surface area contributed by atoms with Gasteiger partial charge in [0.05, 0.1) is 12.5 Å². The van der Waals surface area contributed by atoms with Crippen LogP contribution in [0.5, 0.6) is 0 Å². The van der Waals surface area contributed by atoms with Gasteiger partial charge in [0.1, 0.15) is 0 Å². The highest BCUT2D eigenvalue weighted by molar-refractivity contribution is 5.72. The molecule has 1 N–H and O–H groups in total. The van der Waals surface area contributed by atoms with Crippen LogP contribution >= 0.6 is 0 Å². The minimum absolute atomic E-state index is 0.0162. The fourth-order valence-electron chi connectivity index (χ4n) is 1.09. The van der Waals surface area contributed by atoms with Gasteiger partial charge in [-0.05, 0) is 14.0 Å². The Labute approximate surface area is 65.9 Å². The molecule has 0 amide bonds. The molecule has 1 rings (SSSR count). The van der Waals surface area contributed by atoms with Gasteiger partial charge in [0.25, 0.3) is 0 Å². The Kier molecular flexibility index (Phi) is 2.84. The normalized spacial score (nSPS) is 30.5. The quantitative estimate of drug-likeness (QED) is 0.583. The summed E-state index contributed by atoms with van der Waals surface area (Å²) in [7, 11) is 1.79. The molecular weight excluding hydrogens is 146 g/mol. The summed E-state index contributed by atoms with van der Waals surface area (Å²) in [5, 5.41) is 2.96. The zero-order valence-corrected chi connectivity index (χ0v) is 6.79. The monoisotopic (exact) mass is 159 g/mol. The van der Waals surface area contributed by atoms with Crippen LogP contribution in [0.15, 0.2) is 0 Å². The molecule has 0 aliphatic carbocycles. The van der Waals surface area contributed by atoms with Crippen LogP contribution < -0.4 is 5.32 Å². The second-order valence-electron chi connectivity index (χ2n) is 2.41. The van der Waals surface area contributed by atoms with Crippen LogP contribution in [0.4, 0.5) is 0 Å². The number of likely N-dealkylation sites (N-methyl/N-ethyl adjacent to an activating group) is 1. The number of hydrogen-bond donors (Lipinski definition) is 1. The number of esters is 1. The van der Waals surface area contributed by atoms with Crippen LogP contribution in [0, 0.1) is 0 Å². The first-order chi connectivity index (χ1) is 5.27. The van der Waals surface area contributed by atoms with E-state index in [2.05, 4.69) is 5.32 Å². The van der Waals surface area contributed by atoms with Crippen molar-refractivity contribution in [2.75, 3.05) is 13.7 Å². The summed E-state index contributed by atoms with van der Waals surface area (Å²) in [5.41, 5.74) is 0. The van der Waals surface area contributed by atoms with Crippen molar-refractivity contribution in [2.24, 2.45) is 0 Å². The Morgan fingerprint density at radius 3 is 3.09 bits per heavy atom. The molecule has 4 nitrogen and oxygen atoms in total. The molecule has 0 spiro atoms. The maximum absolute atomic E-state index is 10.8. The lowest BCUT2D eigenvalue weighted by atomic mass is 10.2. The van der Waals surface area contributed by atoms with Crippen LogP contribution in [0.3, 0.4) is 0 Å². The number of cyclic esters (lactones) is 1. The van der Waals surface area contributed by atoms with Gasteiger partial charge in [-0.15, -0.1) is 0 Å². The van der Waals surface area contributed by atoms with Crippen LogP contribution in [0.1, 0.15) is 13.3 Å². The van der Waals surface area contributed by atoms with Crippen LogP contribution in [0.2, 0.25) is 0 Å². The van der Waals surface area contributed by atoms with E-state index >= 15 is 0 Å². The highest BCUT2D eigenvalue weighted by Gasteiger charge is 2.33. The first kappa shape index (κ1) is 8.49. The third kappa shape index (κ3) is 1.91. The lowest BCUT2D eigenvalue weighted by molar-refractivity contribution is -0.163. The maximum Gasteiger partial charge on any atom is 0.309 e. The fraction of sp³-hybridized carbons (Fsp3) is 0.857. The highest BCUT2D eigenvalue weighted by atomic mass is 16.7. The summed E-state index contributed by atoms with van der Waals surface area (Å²) in [6.45, 7) is 2.44. The van der Waals surface area contributed by atoms with Crippen molar-refractivity contribution in [1.29, 1.82) is 0 Å². The molecule has 1 aliphatic heterocycles. The van der Waals surface area contributed by atoms with E-state index in [1.165, 1.54) is 0 Å². The summed E-state index contributed by atoms with van der Waals surface area (Å²) in [6.07, 6.45) is 0.0127. The standard InChI is InChI=1S/C7H13NO3/c1-3-10-7-5(8-2)4-6(9)11-7/h5,7-8H,3-4H2,1-2H3/t5-,7?/m0/s1. The van der Waals surface area contributed by atoms with E-state index in [1.54, 1.807) is 7.05 Å². The Balaban J connectivity index is 2.43. The van der Waals surface area contributed by atoms with Gasteiger partial charge in [-0.25, -0.2) is 0 Å². The second-order valence-corrected chi connectivity index (χ2v) is 2.41. The Morgan fingerprint density at radius 2 is 2.55 bits per heavy atom. The van der Waals surface area contributed by atoms with Crippen molar-refractivity contribution in [1.82, 2.24) is 5.32 Å². The summed E-state index contributed by atoms with van der Waals surface area (Å²) >= 11 is 0. The minimum Gasteiger partial charge on any atom is -0.434 e. The minimum atomic E-state index is -0.391. The Hall–Kier alpha value is -0.610. The first-order valence-electron chi connectivity index (χ1n) is 3.76. The summed E-state index contributed by atoms with van der Waals surface area (Å²) in [5.74, 6) is -0.192. The van der Waals surface area contributed by atoms with Gasteiger partial charge in [-0.3, -0.25) is 4.79 Å². The fourth-order valence-corrected chi connectivity index (χ4v) is 1.09. The third-order valence-electron chi connectivity index (χ3n) is 1.66. The van der Waals surface area contributed by atoms with Gasteiger partial charge in [0.2, 0.25) is 6.29 Å². The SMILES string of the molecule is CCOC1OC(=O)C[C@@H]1NC. The zero-order valence-electron chi connectivity index (χ0n) is 6.79. The number of ether oxygens (including phenoxy) is 2. The molecule has 0 aromatic rings. The van der Waals surface area contributed by atoms with Crippen molar-refractivity contribution >= 4 is 5.97 Å². The lowest BCUT2D eigenvalue weighted by Gasteiger charge is -2.15. The van der Waals surface area contributed by atoms with Crippen molar-refractivity contribution in [3.8, 4) is 0 Å². The topological polar surface area (TPSA) is 47.6 Å². The van der Waals surface area contributed by atoms with Gasteiger partial charge in [0, 0.05) is 6.61 Å². The summed E-state index contributed by atoms with van der Waals surface area (Å²) in [6, 6.07) is 0.0162. The molecule has 1 unspecified atom stereocenters. The van der Waals surface area contributed by atoms with Crippen LogP contribution in [-0.4, -0.2) is 32.0 Å². The van der Waals surface area contributed by atoms with Crippen LogP contribution in [-0.2, 0) is 14.3 Å². The average Bonchev–Trinajstić information content (AvgIpc) is 2.32. The molecule has 1 heterocycles. The smallest absolute Gasteiger partial charge is 0.309 e. The predicted molar refractivity (Wildman–Crippen MR) is 39.0 cm³/mol. The molecule has 0 saturated carbocycles. The van der Waals surface area contributed by atoms with Gasteiger partial charge >= 0.3 is 5.97 Å². The van der Waals surface area contributed by atoms with Gasteiger partial charge in [-0.2, -0.15) is 0 Å². The lowest BCUT2D eigenvalue weighted by Crippen LogP contribution is -2.35. The number of carbonyl (C=O) groups is 1. The van der Waals surface area contributed by atoms with Gasteiger partial charge < -0.3 is 14.8 Å². The molecule has 1 aliphatic rings. The zero-order chi connectivity index (χ0) is 8.27. The molecule has 64 valence electrons. The number of rotatable bonds is 3. The molecule has 11 heavy (non-hydrogen) atoms. The number of hydrogen-bond acceptors (Lipinski definition) is 4. The third-order valence-corrected chi connectivity index (χ3v) is 1.66. The van der Waals surface area contributed by atoms with E-state index in [0.717, 1.165) is 0 Å². The summed E-state index contributed by atoms with van der Waals surface area (Å²) < 4.78 is 10.1. The molecule has 1 fully saturated rings. The number of nitrogens with one attached hydrogen (secondary N) is 1. The van der Waals surface area contributed by atoms with E-state index in [9.17, 15) is 4.79 Å². The van der Waals surface area contributed by atoms with Crippen molar-refractivity contribution in [3.05, 3.63) is 0 Å². The van der Waals surface area contributed by atoms with Gasteiger partial charge in [0.15, 0.2) is 0 Å². The van der Waals surface area contributed by atoms with E-state index in [1.807, 2.05) is 6.92 Å². The predicted octanol–water partition coefficient (Wildman–Crippen LogP) is -0.116. The number of carbonyl (C=O) groups excluding carboxylic acids is 1. The molecule has 0 radical (unpaired) electrons. The van der Waals surface area contributed by atoms with Crippen molar-refractivity contribution < 1.29 is 14.3 Å². The van der Waals surface area contributed by atoms with Crippen LogP contribution in [0.25, 0.3) is 0 Å². The first-order valence-corrected chi connectivity index (χ1v) is 3.76. The molecule has 2 atom stereocenters. The molecule has 0 aromatic carbocycles. The van der Waals surface area contributed by atoms with Crippen molar-refractivity contribution in [2.45, 2.75) is 25.7 Å². The van der Waals surface area contributed by atoms with E-state index < -0.39 is 6.29 Å². The molecular formula is C7H13NO3. The van der Waals surface area contributed by atoms with Crippen molar-refractivity contribution in [3.63, 3.8) is 0 Å². The largest absolute Gasteiger partial charge is 0.434 e. The average molecular weight is 159 g/mol. The van der Waals surface area contributed by atoms with E-state index in [0.29, 0.717) is 13.0 Å². The highest BCUT2D eigenvalue weighted by Crippen LogP contribution is 2.15. The van der Waals surface area contributed by atoms with E-state index in [4.69, 9.17) is 9.47 Å². The van der Waals surface area contributed by atoms with E-state index in [-0.39, 0.29) is 12.0 Å². The molecule has 0 bridgehead atoms. The molecule has 0 aromatic heterocycles. The molecule has 1 saturated heterocycles. The Morgan fingerprint density at radius 1 is 1.82 bits per heavy atom. The Bertz CT molecular complexity index is 149. The second kappa shape index (κ2) is 3.69. The maximum atomic E-state index is 10.8. The van der Waals surface area contributed by atoms with Gasteiger partial charge in [-0.1, -0.05) is 0 Å².